The van der Waals surface area contributed by atoms with Crippen LogP contribution in [0.5, 0.6) is 0 Å². The third kappa shape index (κ3) is 1.99. The summed E-state index contributed by atoms with van der Waals surface area (Å²) in [7, 11) is 0. The lowest BCUT2D eigenvalue weighted by atomic mass is 10.2. The molecule has 1 aromatic carbocycles. The molecule has 2 aromatic rings. The van der Waals surface area contributed by atoms with Gasteiger partial charge in [0.05, 0.1) is 6.07 Å². The number of thiazole rings is 1. The number of hydrogen-bond donors (Lipinski definition) is 1. The summed E-state index contributed by atoms with van der Waals surface area (Å²) in [6, 6.07) is 9.01. The predicted octanol–water partition coefficient (Wildman–Crippen LogP) is 1.90. The zero-order valence-corrected chi connectivity index (χ0v) is 10.1. The molecule has 0 aliphatic heterocycles. The van der Waals surface area contributed by atoms with Crippen LogP contribution < -0.4 is 4.57 Å². The smallest absolute Gasteiger partial charge is 0.373 e. The molecule has 0 bridgehead atoms. The van der Waals surface area contributed by atoms with E-state index in [0.29, 0.717) is 0 Å². The predicted molar refractivity (Wildman–Crippen MR) is 63.7 cm³/mol. The molecule has 86 valence electrons. The summed E-state index contributed by atoms with van der Waals surface area (Å²) < 4.78 is 2.73. The van der Waals surface area contributed by atoms with Crippen LogP contribution in [0.25, 0.3) is 10.2 Å². The Morgan fingerprint density at radius 1 is 1.59 bits per heavy atom. The second-order valence-electron chi connectivity index (χ2n) is 3.68. The molecule has 0 saturated heterocycles. The third-order valence-corrected chi connectivity index (χ3v) is 3.74. The van der Waals surface area contributed by atoms with Gasteiger partial charge in [-0.25, -0.2) is 4.79 Å². The number of para-hydroxylation sites is 1. The van der Waals surface area contributed by atoms with Gasteiger partial charge in [0.25, 0.3) is 11.0 Å². The molecule has 2 rings (SSSR count). The van der Waals surface area contributed by atoms with Crippen LogP contribution in [-0.4, -0.2) is 11.1 Å². The van der Waals surface area contributed by atoms with Crippen LogP contribution in [0, 0.1) is 11.3 Å². The number of nitriles is 1. The Labute approximate surface area is 102 Å². The van der Waals surface area contributed by atoms with Crippen LogP contribution >= 0.6 is 11.3 Å². The highest BCUT2D eigenvalue weighted by Gasteiger charge is 2.30. The molecule has 1 N–H and O–H groups in total. The fourth-order valence-electron chi connectivity index (χ4n) is 1.78. The van der Waals surface area contributed by atoms with Gasteiger partial charge in [0.2, 0.25) is 5.52 Å². The Kier molecular flexibility index (Phi) is 3.07. The Morgan fingerprint density at radius 2 is 2.29 bits per heavy atom. The van der Waals surface area contributed by atoms with Gasteiger partial charge in [0, 0.05) is 13.0 Å². The van der Waals surface area contributed by atoms with E-state index in [4.69, 9.17) is 10.4 Å². The molecule has 4 nitrogen and oxygen atoms in total. The molecule has 1 heterocycles. The van der Waals surface area contributed by atoms with Gasteiger partial charge in [-0.2, -0.15) is 9.83 Å². The van der Waals surface area contributed by atoms with Crippen LogP contribution in [-0.2, 0) is 11.2 Å². The van der Waals surface area contributed by atoms with E-state index in [9.17, 15) is 4.79 Å². The van der Waals surface area contributed by atoms with Gasteiger partial charge >= 0.3 is 5.97 Å². The third-order valence-electron chi connectivity index (χ3n) is 2.60. The number of aromatic nitrogens is 1. The molecule has 1 unspecified atom stereocenters. The number of carboxylic acid groups (broad SMARTS) is 1. The van der Waals surface area contributed by atoms with E-state index in [1.165, 1.54) is 11.3 Å². The largest absolute Gasteiger partial charge is 0.476 e. The summed E-state index contributed by atoms with van der Waals surface area (Å²) in [6.45, 7) is 1.63. The van der Waals surface area contributed by atoms with E-state index in [1.807, 2.05) is 24.3 Å². The van der Waals surface area contributed by atoms with Crippen LogP contribution in [0.1, 0.15) is 18.0 Å². The SMILES string of the molecule is CC(C(=O)O)[n+]1c(CC#N)sc2ccccc21. The van der Waals surface area contributed by atoms with Crippen molar-refractivity contribution in [3.63, 3.8) is 0 Å². The molecule has 0 aliphatic rings. The fraction of sp³-hybridized carbons (Fsp3) is 0.250. The van der Waals surface area contributed by atoms with Crippen molar-refractivity contribution in [2.45, 2.75) is 19.4 Å². The Bertz CT molecular complexity index is 612. The Hall–Kier alpha value is -1.93. The number of rotatable bonds is 3. The molecule has 0 spiro atoms. The summed E-state index contributed by atoms with van der Waals surface area (Å²) >= 11 is 1.47. The minimum atomic E-state index is -0.891. The summed E-state index contributed by atoms with van der Waals surface area (Å²) in [4.78, 5) is 11.1. The average Bonchev–Trinajstić information content (AvgIpc) is 2.66. The minimum absolute atomic E-state index is 0.233. The number of carbonyl (C=O) groups is 1. The van der Waals surface area contributed by atoms with Gasteiger partial charge in [-0.3, -0.25) is 0 Å². The van der Waals surface area contributed by atoms with E-state index in [2.05, 4.69) is 6.07 Å². The summed E-state index contributed by atoms with van der Waals surface area (Å²) in [5.41, 5.74) is 0.873. The maximum absolute atomic E-state index is 11.1. The van der Waals surface area contributed by atoms with E-state index >= 15 is 0 Å². The van der Waals surface area contributed by atoms with Gasteiger partial charge < -0.3 is 5.11 Å². The molecule has 5 heteroatoms. The molecule has 1 aromatic heterocycles. The van der Waals surface area contributed by atoms with Crippen LogP contribution in [0.15, 0.2) is 24.3 Å². The first kappa shape index (κ1) is 11.6. The second kappa shape index (κ2) is 4.52. The van der Waals surface area contributed by atoms with Crippen molar-refractivity contribution in [2.75, 3.05) is 0 Å². The number of hydrogen-bond acceptors (Lipinski definition) is 3. The maximum Gasteiger partial charge on any atom is 0.373 e. The standard InChI is InChI=1S/C12H10N2O2S/c1-8(12(15)16)14-9-4-2-3-5-10(9)17-11(14)6-7-13/h2-5,8H,6H2,1H3/p+1. The highest BCUT2D eigenvalue weighted by molar-refractivity contribution is 7.18. The average molecular weight is 247 g/mol. The summed E-state index contributed by atoms with van der Waals surface area (Å²) in [5.74, 6) is -0.891. The van der Waals surface area contributed by atoms with Gasteiger partial charge in [-0.15, -0.1) is 0 Å². The fourth-order valence-corrected chi connectivity index (χ4v) is 2.94. The van der Waals surface area contributed by atoms with Gasteiger partial charge in [0.15, 0.2) is 0 Å². The first-order chi connectivity index (χ1) is 8.15. The lowest BCUT2D eigenvalue weighted by Crippen LogP contribution is -2.44. The number of aliphatic carboxylic acids is 1. The van der Waals surface area contributed by atoms with E-state index < -0.39 is 12.0 Å². The monoisotopic (exact) mass is 247 g/mol. The number of carboxylic acids is 1. The van der Waals surface area contributed by atoms with Gasteiger partial charge in [-0.05, 0) is 6.07 Å². The van der Waals surface area contributed by atoms with Crippen LogP contribution in [0.2, 0.25) is 0 Å². The number of fused-ring (bicyclic) bond motifs is 1. The maximum atomic E-state index is 11.1. The van der Waals surface area contributed by atoms with E-state index in [0.717, 1.165) is 15.2 Å². The van der Waals surface area contributed by atoms with Crippen molar-refractivity contribution in [2.24, 2.45) is 0 Å². The lowest BCUT2D eigenvalue weighted by Gasteiger charge is -2.01. The molecule has 0 fully saturated rings. The van der Waals surface area contributed by atoms with Crippen molar-refractivity contribution in [1.29, 1.82) is 5.26 Å². The minimum Gasteiger partial charge on any atom is -0.476 e. The van der Waals surface area contributed by atoms with Gasteiger partial charge in [0.1, 0.15) is 11.1 Å². The lowest BCUT2D eigenvalue weighted by molar-refractivity contribution is -0.684. The molecular formula is C12H11N2O2S+. The molecular weight excluding hydrogens is 236 g/mol. The van der Waals surface area contributed by atoms with Crippen molar-refractivity contribution in [1.82, 2.24) is 0 Å². The summed E-state index contributed by atoms with van der Waals surface area (Å²) in [5, 5.41) is 18.7. The van der Waals surface area contributed by atoms with Crippen LogP contribution in [0.3, 0.4) is 0 Å². The quantitative estimate of drug-likeness (QED) is 0.842. The number of benzene rings is 1. The van der Waals surface area contributed by atoms with Gasteiger partial charge in [-0.1, -0.05) is 23.5 Å². The summed E-state index contributed by atoms with van der Waals surface area (Å²) in [6.07, 6.45) is 0.233. The molecule has 17 heavy (non-hydrogen) atoms. The number of nitrogens with zero attached hydrogens (tertiary/aromatic N) is 2. The topological polar surface area (TPSA) is 65.0 Å². The van der Waals surface area contributed by atoms with Crippen molar-refractivity contribution in [3.8, 4) is 6.07 Å². The van der Waals surface area contributed by atoms with Crippen molar-refractivity contribution >= 4 is 27.5 Å². The van der Waals surface area contributed by atoms with E-state index in [-0.39, 0.29) is 6.42 Å². The Balaban J connectivity index is 2.68. The normalized spacial score (nSPS) is 12.2. The highest BCUT2D eigenvalue weighted by Crippen LogP contribution is 2.22. The zero-order valence-electron chi connectivity index (χ0n) is 9.25. The zero-order chi connectivity index (χ0) is 12.4. The molecule has 0 saturated carbocycles. The molecule has 0 aliphatic carbocycles. The first-order valence-corrected chi connectivity index (χ1v) is 5.98. The Morgan fingerprint density at radius 3 is 2.94 bits per heavy atom. The second-order valence-corrected chi connectivity index (χ2v) is 4.80. The highest BCUT2D eigenvalue weighted by atomic mass is 32.1. The van der Waals surface area contributed by atoms with Crippen molar-refractivity contribution in [3.05, 3.63) is 29.3 Å². The molecule has 1 atom stereocenters. The van der Waals surface area contributed by atoms with Crippen LogP contribution in [0.4, 0.5) is 0 Å². The first-order valence-electron chi connectivity index (χ1n) is 5.17. The molecule has 0 amide bonds. The van der Waals surface area contributed by atoms with E-state index in [1.54, 1.807) is 11.5 Å². The molecule has 0 radical (unpaired) electrons. The van der Waals surface area contributed by atoms with Crippen molar-refractivity contribution < 1.29 is 14.5 Å².